The molecule has 0 amide bonds. The maximum atomic E-state index is 14.5. The van der Waals surface area contributed by atoms with E-state index in [-0.39, 0.29) is 62.3 Å². The first kappa shape index (κ1) is 96.2. The number of pyridine rings is 8. The molecule has 2 atom stereocenters. The van der Waals surface area contributed by atoms with E-state index < -0.39 is 29.1 Å². The molecule has 5 aliphatic rings. The first-order chi connectivity index (χ1) is 69.1. The van der Waals surface area contributed by atoms with Gasteiger partial charge in [0.15, 0.2) is 57.5 Å². The van der Waals surface area contributed by atoms with Gasteiger partial charge in [0.2, 0.25) is 0 Å². The summed E-state index contributed by atoms with van der Waals surface area (Å²) in [6.07, 6.45) is 24.7. The molecular formula is C105H109F5N26O7. The molecule has 18 aromatic rings. The molecule has 0 aliphatic carbocycles. The largest absolute Gasteiger partial charge is 0.494 e. The van der Waals surface area contributed by atoms with Crippen molar-refractivity contribution in [2.24, 2.45) is 5.73 Å². The molecule has 33 nitrogen and oxygen atoms in total. The minimum atomic E-state index is -0.490. The third-order valence-corrected chi connectivity index (χ3v) is 26.5. The van der Waals surface area contributed by atoms with Gasteiger partial charge in [-0.25, -0.2) is 61.8 Å². The Bertz CT molecular complexity index is 8170. The molecule has 0 bridgehead atoms. The van der Waals surface area contributed by atoms with Crippen LogP contribution in [0.25, 0.3) is 101 Å². The Hall–Kier alpha value is -15.6. The van der Waals surface area contributed by atoms with E-state index in [1.165, 1.54) is 95.8 Å². The van der Waals surface area contributed by atoms with Crippen LogP contribution in [0.5, 0.6) is 11.5 Å². The third-order valence-electron chi connectivity index (χ3n) is 26.5. The van der Waals surface area contributed by atoms with Crippen LogP contribution in [-0.4, -0.2) is 224 Å². The number of anilines is 5. The molecular weight excluding hydrogens is 1830 g/mol. The molecule has 0 radical (unpaired) electrons. The fraction of sp³-hybridized carbons (Fsp3) is 0.305. The molecule has 38 heteroatoms. The van der Waals surface area contributed by atoms with Crippen LogP contribution >= 0.6 is 0 Å². The highest BCUT2D eigenvalue weighted by molar-refractivity contribution is 5.71. The summed E-state index contributed by atoms with van der Waals surface area (Å²) >= 11 is 0. The minimum Gasteiger partial charge on any atom is -0.494 e. The fourth-order valence-corrected chi connectivity index (χ4v) is 19.1. The van der Waals surface area contributed by atoms with Crippen molar-refractivity contribution in [2.45, 2.75) is 90.9 Å². The summed E-state index contributed by atoms with van der Waals surface area (Å²) in [5.41, 5.74) is 20.4. The lowest BCUT2D eigenvalue weighted by Gasteiger charge is -2.37. The topological polar surface area (TPSA) is 324 Å². The number of rotatable bonds is 13. The Labute approximate surface area is 817 Å². The normalized spacial score (nSPS) is 16.2. The fourth-order valence-electron chi connectivity index (χ4n) is 19.1. The smallest absolute Gasteiger partial charge is 0.258 e. The van der Waals surface area contributed by atoms with Crippen molar-refractivity contribution >= 4 is 73.6 Å². The average molecular weight is 1940 g/mol. The highest BCUT2D eigenvalue weighted by atomic mass is 19.1. The lowest BCUT2D eigenvalue weighted by molar-refractivity contribution is 0.360. The van der Waals surface area contributed by atoms with Gasteiger partial charge in [0, 0.05) is 236 Å². The van der Waals surface area contributed by atoms with Crippen LogP contribution in [0.4, 0.5) is 50.4 Å². The second-order valence-corrected chi connectivity index (χ2v) is 36.9. The molecule has 0 spiro atoms. The Morgan fingerprint density at radius 3 is 1.00 bits per heavy atom. The number of aryl methyl sites for hydroxylation is 3. The van der Waals surface area contributed by atoms with Gasteiger partial charge in [0.25, 0.3) is 27.8 Å². The number of fused-ring (bicyclic) bond motifs is 8. The molecule has 21 heterocycles. The standard InChI is InChI=1S/2C22H23FN6O.C21H23FN4O2.C20H19FN6O.C20H21FN4O2/c1-13-8-27(9-14(2)24-13)17-4-5-20-26-19(7-21(30)29(20)12-17)16-6-18(23)22-25-15(3)10-28(22)11-16;1-15-12-28-13-16(10-18(23)22(28)24-15)19-11-21(30)29-14-17(4-5-20(29)25-19)27-7-3-6-26(2)8-9-27;1-23-15-7-9-25(10-8-15)16-4-6-20-24-18(12-21(27)26(20)13-16)14-3-5-19(28-2)17(22)11-14;1-13-10-26-11-14(8-16(21)20(26)23-13)17-9-19(28)27-12-15(2-3-18(27)24-17)25-6-4-22-5-7-25;1-27-18-4-2-13(10-16(18)21)17-11-20(26)25-12-15(3-5-19(25)23-17)24-8-6-14(22)7-9-24/h4-7,10-14,24H,8-9H2,1-3H3;4-5,10-14H,3,6-9H2,1-2H3;3-6,11-13,15,23H,7-10H2,1-2H3;2-3,8-12,22H,4-7H2,1H3;2-5,10-12,14H,6-9,22H2,1H3/t13-,14+;;;;. The van der Waals surface area contributed by atoms with Crippen LogP contribution in [0.3, 0.4) is 0 Å². The molecule has 5 fully saturated rings. The molecule has 5 N–H and O–H groups in total. The van der Waals surface area contributed by atoms with E-state index in [4.69, 9.17) is 15.2 Å². The summed E-state index contributed by atoms with van der Waals surface area (Å²) in [5.74, 6) is -1.99. The number of imidazole rings is 3. The van der Waals surface area contributed by atoms with Crippen LogP contribution in [0.1, 0.15) is 63.0 Å². The third kappa shape index (κ3) is 21.1. The number of ether oxygens (including phenoxy) is 2. The molecule has 143 heavy (non-hydrogen) atoms. The monoisotopic (exact) mass is 1940 g/mol. The van der Waals surface area contributed by atoms with E-state index in [0.717, 1.165) is 169 Å². The Kier molecular flexibility index (Phi) is 27.8. The number of nitrogens with one attached hydrogen (secondary N) is 3. The van der Waals surface area contributed by atoms with E-state index in [0.29, 0.717) is 103 Å². The van der Waals surface area contributed by atoms with Crippen LogP contribution < -0.4 is 83.5 Å². The predicted molar refractivity (Wildman–Crippen MR) is 545 cm³/mol. The van der Waals surface area contributed by atoms with Crippen molar-refractivity contribution in [3.05, 3.63) is 312 Å². The van der Waals surface area contributed by atoms with Crippen LogP contribution in [0.15, 0.2) is 238 Å². The summed E-state index contributed by atoms with van der Waals surface area (Å²) in [7, 11) is 6.95. The Morgan fingerprint density at radius 2 is 0.664 bits per heavy atom. The first-order valence-electron chi connectivity index (χ1n) is 47.7. The predicted octanol–water partition coefficient (Wildman–Crippen LogP) is 12.2. The van der Waals surface area contributed by atoms with E-state index in [2.05, 4.69) is 106 Å². The van der Waals surface area contributed by atoms with E-state index >= 15 is 0 Å². The van der Waals surface area contributed by atoms with Gasteiger partial charge in [-0.1, -0.05) is 0 Å². The van der Waals surface area contributed by atoms with Gasteiger partial charge < -0.3 is 73.8 Å². The summed E-state index contributed by atoms with van der Waals surface area (Å²) in [4.78, 5) is 113. The number of halogens is 5. The highest BCUT2D eigenvalue weighted by Crippen LogP contribution is 2.33. The number of nitrogens with zero attached hydrogens (tertiary/aromatic N) is 22. The lowest BCUT2D eigenvalue weighted by atomic mass is 10.1. The molecule has 0 unspecified atom stereocenters. The molecule has 5 saturated heterocycles. The van der Waals surface area contributed by atoms with Crippen molar-refractivity contribution in [3.63, 3.8) is 0 Å². The van der Waals surface area contributed by atoms with Crippen molar-refractivity contribution in [1.29, 1.82) is 0 Å². The molecule has 736 valence electrons. The summed E-state index contributed by atoms with van der Waals surface area (Å²) in [6, 6.07) is 41.0. The van der Waals surface area contributed by atoms with Crippen molar-refractivity contribution < 1.29 is 31.4 Å². The molecule has 0 saturated carbocycles. The summed E-state index contributed by atoms with van der Waals surface area (Å²) < 4.78 is 93.8. The lowest BCUT2D eigenvalue weighted by Crippen LogP contribution is -2.54. The van der Waals surface area contributed by atoms with Crippen molar-refractivity contribution in [2.75, 3.05) is 144 Å². The van der Waals surface area contributed by atoms with Crippen molar-refractivity contribution in [1.82, 2.24) is 95.9 Å². The minimum absolute atomic E-state index is 0.155. The van der Waals surface area contributed by atoms with Gasteiger partial charge in [-0.2, -0.15) is 0 Å². The zero-order valence-electron chi connectivity index (χ0n) is 80.6. The molecule has 5 aliphatic heterocycles. The maximum absolute atomic E-state index is 14.5. The number of benzene rings is 2. The van der Waals surface area contributed by atoms with E-state index in [9.17, 15) is 45.9 Å². The maximum Gasteiger partial charge on any atom is 0.258 e. The summed E-state index contributed by atoms with van der Waals surface area (Å²) in [6.45, 7) is 22.7. The quantitative estimate of drug-likeness (QED) is 0.0779. The van der Waals surface area contributed by atoms with Crippen LogP contribution in [-0.2, 0) is 0 Å². The zero-order valence-corrected chi connectivity index (χ0v) is 80.6. The molecule has 2 aromatic carbocycles. The Balaban J connectivity index is 0.000000113. The second-order valence-electron chi connectivity index (χ2n) is 36.9. The number of piperidine rings is 2. The van der Waals surface area contributed by atoms with Crippen molar-refractivity contribution in [3.8, 4) is 67.8 Å². The SMILES string of the molecule is CNC1CCN(c2ccc3nc(-c4ccc(OC)c(F)c4)cc(=O)n3c2)CC1.COc1ccc(-c2cc(=O)n3cc(N4CCC(N)CC4)ccc3n2)cc1F.Cc1cn2cc(-c3cc(=O)n4cc(N5CCCN(C)CC5)ccc4n3)cc(F)c2n1.Cc1cn2cc(-c3cc(=O)n4cc(N5CCNCC5)ccc4n3)cc(F)c2n1.Cc1cn2cc(-c3cc(=O)n4cc(N5C[C@@H](C)N[C@@H](C)C5)ccc4n3)cc(F)c2n1. The van der Waals surface area contributed by atoms with Crippen LogP contribution in [0, 0.1) is 49.9 Å². The van der Waals surface area contributed by atoms with Gasteiger partial charge in [-0.05, 0) is 203 Å². The number of piperazine rings is 2. The highest BCUT2D eigenvalue weighted by Gasteiger charge is 2.27. The summed E-state index contributed by atoms with van der Waals surface area (Å²) in [5, 5.41) is 10.2. The number of nitrogens with two attached hydrogens (primary N) is 1. The van der Waals surface area contributed by atoms with Crippen LogP contribution in [0.2, 0.25) is 0 Å². The first-order valence-corrected chi connectivity index (χ1v) is 47.7. The molecule has 16 aromatic heterocycles. The second kappa shape index (κ2) is 41.3. The van der Waals surface area contributed by atoms with Gasteiger partial charge >= 0.3 is 0 Å². The van der Waals surface area contributed by atoms with E-state index in [1.807, 2.05) is 113 Å². The van der Waals surface area contributed by atoms with Gasteiger partial charge in [-0.15, -0.1) is 0 Å². The Morgan fingerprint density at radius 1 is 0.350 bits per heavy atom. The zero-order chi connectivity index (χ0) is 99.7. The number of hydrogen-bond acceptors (Lipinski definition) is 25. The van der Waals surface area contributed by atoms with E-state index in [1.54, 1.807) is 81.9 Å². The average Bonchev–Trinajstić information content (AvgIpc) is 1.77. The molecule has 23 rings (SSSR count). The number of hydrogen-bond donors (Lipinski definition) is 4. The number of likely N-dealkylation sites (N-methyl/N-ethyl adjacent to an activating group) is 1. The van der Waals surface area contributed by atoms with Gasteiger partial charge in [-0.3, -0.25) is 46.0 Å². The number of aromatic nitrogens is 16. The number of methoxy groups -OCH3 is 2. The van der Waals surface area contributed by atoms with Gasteiger partial charge in [0.05, 0.1) is 88.2 Å². The van der Waals surface area contributed by atoms with Gasteiger partial charge in [0.1, 0.15) is 28.2 Å².